The highest BCUT2D eigenvalue weighted by Gasteiger charge is 2.34. The third kappa shape index (κ3) is 3.33. The van der Waals surface area contributed by atoms with E-state index in [1.54, 1.807) is 7.11 Å². The molecule has 2 aliphatic heterocycles. The maximum atomic E-state index is 6.21. The number of benzene rings is 2. The van der Waals surface area contributed by atoms with Crippen LogP contribution in [0.4, 0.5) is 11.4 Å². The van der Waals surface area contributed by atoms with Crippen molar-refractivity contribution >= 4 is 11.4 Å². The summed E-state index contributed by atoms with van der Waals surface area (Å²) in [4.78, 5) is 4.99. The predicted molar refractivity (Wildman–Crippen MR) is 112 cm³/mol. The number of hydrogen-bond acceptors (Lipinski definition) is 4. The first kappa shape index (κ1) is 18.0. The van der Waals surface area contributed by atoms with Gasteiger partial charge in [-0.3, -0.25) is 0 Å². The first-order chi connectivity index (χ1) is 12.9. The molecule has 0 atom stereocenters. The SMILES string of the molecule is COc1ccc(N2CCN(c3cc(C)c4c(c3C)CC(C)(C)O4)CC2)cc1. The summed E-state index contributed by atoms with van der Waals surface area (Å²) >= 11 is 0. The molecule has 0 radical (unpaired) electrons. The summed E-state index contributed by atoms with van der Waals surface area (Å²) in [5.74, 6) is 2.02. The summed E-state index contributed by atoms with van der Waals surface area (Å²) in [6, 6.07) is 10.7. The lowest BCUT2D eigenvalue weighted by molar-refractivity contribution is 0.137. The molecule has 2 aromatic carbocycles. The van der Waals surface area contributed by atoms with E-state index in [0.29, 0.717) is 0 Å². The molecule has 4 rings (SSSR count). The fraction of sp³-hybridized carbons (Fsp3) is 0.478. The Morgan fingerprint density at radius 2 is 1.59 bits per heavy atom. The van der Waals surface area contributed by atoms with E-state index in [2.05, 4.69) is 55.7 Å². The molecule has 1 saturated heterocycles. The van der Waals surface area contributed by atoms with Gasteiger partial charge in [-0.2, -0.15) is 0 Å². The first-order valence-corrected chi connectivity index (χ1v) is 9.84. The molecule has 4 heteroatoms. The summed E-state index contributed by atoms with van der Waals surface area (Å²) in [6.07, 6.45) is 0.995. The smallest absolute Gasteiger partial charge is 0.126 e. The summed E-state index contributed by atoms with van der Waals surface area (Å²) in [5, 5.41) is 0. The molecule has 2 aliphatic rings. The molecule has 1 fully saturated rings. The van der Waals surface area contributed by atoms with Gasteiger partial charge in [0.05, 0.1) is 7.11 Å². The van der Waals surface area contributed by atoms with Crippen molar-refractivity contribution in [1.82, 2.24) is 0 Å². The van der Waals surface area contributed by atoms with Gasteiger partial charge in [0.15, 0.2) is 0 Å². The van der Waals surface area contributed by atoms with Crippen molar-refractivity contribution < 1.29 is 9.47 Å². The molecule has 144 valence electrons. The van der Waals surface area contributed by atoms with Crippen LogP contribution in [0, 0.1) is 13.8 Å². The van der Waals surface area contributed by atoms with Crippen molar-refractivity contribution in [3.63, 3.8) is 0 Å². The van der Waals surface area contributed by atoms with Crippen molar-refractivity contribution in [2.45, 2.75) is 39.7 Å². The standard InChI is InChI=1S/C23H30N2O2/c1-16-14-21(17(2)20-15-23(3,4)27-22(16)20)25-12-10-24(11-13-25)18-6-8-19(26-5)9-7-18/h6-9,14H,10-13,15H2,1-5H3. The second-order valence-corrected chi connectivity index (χ2v) is 8.36. The third-order valence-corrected chi connectivity index (χ3v) is 5.86. The second-order valence-electron chi connectivity index (χ2n) is 8.36. The highest BCUT2D eigenvalue weighted by atomic mass is 16.5. The fourth-order valence-corrected chi connectivity index (χ4v) is 4.36. The number of ether oxygens (including phenoxy) is 2. The van der Waals surface area contributed by atoms with E-state index in [9.17, 15) is 0 Å². The number of nitrogens with zero attached hydrogens (tertiary/aromatic N) is 2. The van der Waals surface area contributed by atoms with Crippen molar-refractivity contribution in [1.29, 1.82) is 0 Å². The maximum Gasteiger partial charge on any atom is 0.126 e. The lowest BCUT2D eigenvalue weighted by Gasteiger charge is -2.38. The molecule has 0 saturated carbocycles. The van der Waals surface area contributed by atoms with Crippen molar-refractivity contribution in [2.75, 3.05) is 43.1 Å². The lowest BCUT2D eigenvalue weighted by Crippen LogP contribution is -2.46. The second kappa shape index (κ2) is 6.66. The molecule has 2 heterocycles. The molecule has 0 aliphatic carbocycles. The molecular weight excluding hydrogens is 336 g/mol. The van der Waals surface area contributed by atoms with E-state index in [4.69, 9.17) is 9.47 Å². The summed E-state index contributed by atoms with van der Waals surface area (Å²) in [5.41, 5.74) is 6.60. The van der Waals surface area contributed by atoms with Gasteiger partial charge in [-0.15, -0.1) is 0 Å². The Bertz CT molecular complexity index is 834. The monoisotopic (exact) mass is 366 g/mol. The fourth-order valence-electron chi connectivity index (χ4n) is 4.36. The minimum absolute atomic E-state index is 0.0937. The van der Waals surface area contributed by atoms with E-state index in [1.807, 2.05) is 12.1 Å². The van der Waals surface area contributed by atoms with Crippen molar-refractivity contribution in [3.05, 3.63) is 47.0 Å². The molecule has 0 aromatic heterocycles. The van der Waals surface area contributed by atoms with Gasteiger partial charge in [-0.05, 0) is 69.2 Å². The zero-order chi connectivity index (χ0) is 19.2. The van der Waals surface area contributed by atoms with Crippen LogP contribution in [0.1, 0.15) is 30.5 Å². The molecule has 0 spiro atoms. The van der Waals surface area contributed by atoms with E-state index >= 15 is 0 Å². The minimum atomic E-state index is -0.0937. The average molecular weight is 367 g/mol. The third-order valence-electron chi connectivity index (χ3n) is 5.86. The van der Waals surface area contributed by atoms with Gasteiger partial charge in [0.2, 0.25) is 0 Å². The van der Waals surface area contributed by atoms with Crippen LogP contribution in [0.3, 0.4) is 0 Å². The molecule has 27 heavy (non-hydrogen) atoms. The Kier molecular flexibility index (Phi) is 4.45. The van der Waals surface area contributed by atoms with Crippen LogP contribution < -0.4 is 19.3 Å². The van der Waals surface area contributed by atoms with E-state index < -0.39 is 0 Å². The number of piperazine rings is 1. The van der Waals surface area contributed by atoms with Gasteiger partial charge in [0.25, 0.3) is 0 Å². The Labute approximate surface area is 162 Å². The van der Waals surface area contributed by atoms with Gasteiger partial charge < -0.3 is 19.3 Å². The van der Waals surface area contributed by atoms with Crippen LogP contribution >= 0.6 is 0 Å². The molecule has 2 aromatic rings. The largest absolute Gasteiger partial charge is 0.497 e. The minimum Gasteiger partial charge on any atom is -0.497 e. The Hall–Kier alpha value is -2.36. The number of fused-ring (bicyclic) bond motifs is 1. The highest BCUT2D eigenvalue weighted by Crippen LogP contribution is 2.43. The van der Waals surface area contributed by atoms with Gasteiger partial charge in [-0.25, -0.2) is 0 Å². The maximum absolute atomic E-state index is 6.21. The summed E-state index contributed by atoms with van der Waals surface area (Å²) in [6.45, 7) is 12.9. The number of rotatable bonds is 3. The topological polar surface area (TPSA) is 24.9 Å². The predicted octanol–water partition coefficient (Wildman–Crippen LogP) is 4.35. The van der Waals surface area contributed by atoms with Gasteiger partial charge in [-0.1, -0.05) is 0 Å². The number of anilines is 2. The lowest BCUT2D eigenvalue weighted by atomic mass is 9.95. The molecule has 4 nitrogen and oxygen atoms in total. The molecule has 0 N–H and O–H groups in total. The molecule has 0 unspecified atom stereocenters. The quantitative estimate of drug-likeness (QED) is 0.806. The average Bonchev–Trinajstić information content (AvgIpc) is 3.01. The number of hydrogen-bond donors (Lipinski definition) is 0. The number of methoxy groups -OCH3 is 1. The van der Waals surface area contributed by atoms with Crippen molar-refractivity contribution in [2.24, 2.45) is 0 Å². The normalized spacial score (nSPS) is 18.3. The van der Waals surface area contributed by atoms with E-state index in [-0.39, 0.29) is 5.60 Å². The van der Waals surface area contributed by atoms with Crippen molar-refractivity contribution in [3.8, 4) is 11.5 Å². The van der Waals surface area contributed by atoms with Gasteiger partial charge in [0.1, 0.15) is 17.1 Å². The van der Waals surface area contributed by atoms with Crippen LogP contribution in [0.2, 0.25) is 0 Å². The summed E-state index contributed by atoms with van der Waals surface area (Å²) in [7, 11) is 1.71. The van der Waals surface area contributed by atoms with Crippen LogP contribution in [0.25, 0.3) is 0 Å². The molecule has 0 bridgehead atoms. The zero-order valence-electron chi connectivity index (χ0n) is 17.1. The number of aryl methyl sites for hydroxylation is 1. The van der Waals surface area contributed by atoms with Crippen LogP contribution in [0.15, 0.2) is 30.3 Å². The summed E-state index contributed by atoms with van der Waals surface area (Å²) < 4.78 is 11.5. The molecular formula is C23H30N2O2. The van der Waals surface area contributed by atoms with Crippen LogP contribution in [-0.4, -0.2) is 38.9 Å². The van der Waals surface area contributed by atoms with Crippen LogP contribution in [-0.2, 0) is 6.42 Å². The van der Waals surface area contributed by atoms with E-state index in [0.717, 1.165) is 44.1 Å². The van der Waals surface area contributed by atoms with Gasteiger partial charge in [0, 0.05) is 49.5 Å². The molecule has 0 amide bonds. The Balaban J connectivity index is 1.51. The zero-order valence-corrected chi connectivity index (χ0v) is 17.1. The highest BCUT2D eigenvalue weighted by molar-refractivity contribution is 5.65. The first-order valence-electron chi connectivity index (χ1n) is 9.84. The Morgan fingerprint density at radius 3 is 2.22 bits per heavy atom. The van der Waals surface area contributed by atoms with E-state index in [1.165, 1.54) is 28.1 Å². The van der Waals surface area contributed by atoms with Gasteiger partial charge >= 0.3 is 0 Å². The van der Waals surface area contributed by atoms with Crippen LogP contribution in [0.5, 0.6) is 11.5 Å². The Morgan fingerprint density at radius 1 is 0.963 bits per heavy atom.